The number of rotatable bonds is 8. The molecule has 1 N–H and O–H groups in total. The van der Waals surface area contributed by atoms with E-state index >= 15 is 0 Å². The maximum Gasteiger partial charge on any atom is 0.161 e. The van der Waals surface area contributed by atoms with Gasteiger partial charge in [-0.05, 0) is 48.2 Å². The molecule has 0 aliphatic rings. The molecule has 24 heavy (non-hydrogen) atoms. The lowest BCUT2D eigenvalue weighted by atomic mass is 10.0. The van der Waals surface area contributed by atoms with Gasteiger partial charge in [0, 0.05) is 19.3 Å². The first-order valence-electron chi connectivity index (χ1n) is 7.89. The van der Waals surface area contributed by atoms with Gasteiger partial charge in [-0.15, -0.1) is 0 Å². The van der Waals surface area contributed by atoms with Gasteiger partial charge in [0.1, 0.15) is 5.75 Å². The number of phenols is 1. The smallest absolute Gasteiger partial charge is 0.161 e. The molecule has 4 heteroatoms. The molecule has 0 heterocycles. The Kier molecular flexibility index (Phi) is 6.70. The molecule has 0 spiro atoms. The highest BCUT2D eigenvalue weighted by atomic mass is 16.5. The molecule has 0 aliphatic carbocycles. The van der Waals surface area contributed by atoms with E-state index in [-0.39, 0.29) is 5.75 Å². The molecule has 2 aromatic rings. The molecule has 0 bridgehead atoms. The molecule has 0 saturated carbocycles. The zero-order valence-corrected chi connectivity index (χ0v) is 14.4. The Hall–Kier alpha value is -2.46. The highest BCUT2D eigenvalue weighted by molar-refractivity contribution is 5.73. The Morgan fingerprint density at radius 1 is 0.917 bits per heavy atom. The van der Waals surface area contributed by atoms with E-state index in [1.807, 2.05) is 42.5 Å². The van der Waals surface area contributed by atoms with Crippen molar-refractivity contribution in [2.24, 2.45) is 0 Å². The Bertz CT molecular complexity index is 692. The van der Waals surface area contributed by atoms with Crippen LogP contribution in [-0.4, -0.2) is 33.0 Å². The standard InChI is InChI=1S/C20H24O4/c1-22-12-4-5-15-7-10-18(21)17(13-15)9-6-16-8-11-19(23-2)20(14-16)24-3/h6-11,13-14,21H,4-5,12H2,1-3H3/b9-6+. The molecule has 128 valence electrons. The number of aryl methyl sites for hydroxylation is 1. The van der Waals surface area contributed by atoms with Crippen LogP contribution in [0.2, 0.25) is 0 Å². The zero-order valence-electron chi connectivity index (χ0n) is 14.4. The van der Waals surface area contributed by atoms with Crippen LogP contribution in [0.15, 0.2) is 36.4 Å². The highest BCUT2D eigenvalue weighted by Gasteiger charge is 2.04. The Morgan fingerprint density at radius 3 is 2.42 bits per heavy atom. The van der Waals surface area contributed by atoms with E-state index in [1.165, 1.54) is 5.56 Å². The normalized spacial score (nSPS) is 11.0. The van der Waals surface area contributed by atoms with Crippen molar-refractivity contribution in [2.45, 2.75) is 12.8 Å². The summed E-state index contributed by atoms with van der Waals surface area (Å²) in [5, 5.41) is 10.0. The molecular weight excluding hydrogens is 304 g/mol. The monoisotopic (exact) mass is 328 g/mol. The lowest BCUT2D eigenvalue weighted by molar-refractivity contribution is 0.195. The van der Waals surface area contributed by atoms with Gasteiger partial charge in [-0.25, -0.2) is 0 Å². The van der Waals surface area contributed by atoms with Crippen LogP contribution in [0.5, 0.6) is 17.2 Å². The first-order valence-corrected chi connectivity index (χ1v) is 7.89. The van der Waals surface area contributed by atoms with E-state index in [0.29, 0.717) is 11.5 Å². The molecule has 0 aromatic heterocycles. The Labute approximate surface area is 143 Å². The van der Waals surface area contributed by atoms with Gasteiger partial charge >= 0.3 is 0 Å². The van der Waals surface area contributed by atoms with Crippen LogP contribution >= 0.6 is 0 Å². The van der Waals surface area contributed by atoms with Crippen molar-refractivity contribution in [3.8, 4) is 17.2 Å². The first kappa shape index (κ1) is 17.9. The Balaban J connectivity index is 2.17. The summed E-state index contributed by atoms with van der Waals surface area (Å²) in [5.41, 5.74) is 2.94. The number of ether oxygens (including phenoxy) is 3. The van der Waals surface area contributed by atoms with Crippen molar-refractivity contribution >= 4 is 12.2 Å². The molecule has 4 nitrogen and oxygen atoms in total. The van der Waals surface area contributed by atoms with Crippen molar-refractivity contribution in [3.05, 3.63) is 53.1 Å². The number of aromatic hydroxyl groups is 1. The minimum atomic E-state index is 0.266. The van der Waals surface area contributed by atoms with E-state index in [0.717, 1.165) is 30.6 Å². The van der Waals surface area contributed by atoms with Crippen LogP contribution in [0.1, 0.15) is 23.1 Å². The average Bonchev–Trinajstić information content (AvgIpc) is 2.61. The van der Waals surface area contributed by atoms with Crippen molar-refractivity contribution in [1.29, 1.82) is 0 Å². The molecule has 2 aromatic carbocycles. The summed E-state index contributed by atoms with van der Waals surface area (Å²) in [4.78, 5) is 0. The second-order valence-electron chi connectivity index (χ2n) is 5.44. The van der Waals surface area contributed by atoms with Crippen LogP contribution < -0.4 is 9.47 Å². The SMILES string of the molecule is COCCCc1ccc(O)c(/C=C/c2ccc(OC)c(OC)c2)c1. The summed E-state index contributed by atoms with van der Waals surface area (Å²) in [6, 6.07) is 11.4. The molecule has 0 unspecified atom stereocenters. The summed E-state index contributed by atoms with van der Waals surface area (Å²) in [5.74, 6) is 1.64. The average molecular weight is 328 g/mol. The van der Waals surface area contributed by atoms with Crippen molar-refractivity contribution in [2.75, 3.05) is 27.9 Å². The third kappa shape index (κ3) is 4.77. The quantitative estimate of drug-likeness (QED) is 0.584. The summed E-state index contributed by atoms with van der Waals surface area (Å²) in [6.45, 7) is 0.734. The third-order valence-corrected chi connectivity index (χ3v) is 3.77. The van der Waals surface area contributed by atoms with Crippen LogP contribution in [0, 0.1) is 0 Å². The fourth-order valence-corrected chi connectivity index (χ4v) is 2.46. The van der Waals surface area contributed by atoms with Gasteiger partial charge in [0.15, 0.2) is 11.5 Å². The van der Waals surface area contributed by atoms with E-state index in [4.69, 9.17) is 14.2 Å². The fraction of sp³-hybridized carbons (Fsp3) is 0.300. The molecule has 0 fully saturated rings. The fourth-order valence-electron chi connectivity index (χ4n) is 2.46. The van der Waals surface area contributed by atoms with E-state index in [2.05, 4.69) is 0 Å². The van der Waals surface area contributed by atoms with Gasteiger partial charge in [-0.1, -0.05) is 24.3 Å². The van der Waals surface area contributed by atoms with E-state index < -0.39 is 0 Å². The van der Waals surface area contributed by atoms with E-state index in [1.54, 1.807) is 27.4 Å². The summed E-state index contributed by atoms with van der Waals surface area (Å²) < 4.78 is 15.6. The third-order valence-electron chi connectivity index (χ3n) is 3.77. The van der Waals surface area contributed by atoms with Gasteiger partial charge < -0.3 is 19.3 Å². The number of methoxy groups -OCH3 is 3. The second kappa shape index (κ2) is 8.99. The van der Waals surface area contributed by atoms with Crippen molar-refractivity contribution in [3.63, 3.8) is 0 Å². The number of hydrogen-bond acceptors (Lipinski definition) is 4. The molecule has 0 amide bonds. The molecular formula is C20H24O4. The topological polar surface area (TPSA) is 47.9 Å². The lowest BCUT2D eigenvalue weighted by Crippen LogP contribution is -1.93. The highest BCUT2D eigenvalue weighted by Crippen LogP contribution is 2.29. The van der Waals surface area contributed by atoms with Gasteiger partial charge in [-0.3, -0.25) is 0 Å². The largest absolute Gasteiger partial charge is 0.507 e. The van der Waals surface area contributed by atoms with Crippen molar-refractivity contribution in [1.82, 2.24) is 0 Å². The van der Waals surface area contributed by atoms with Gasteiger partial charge in [-0.2, -0.15) is 0 Å². The zero-order chi connectivity index (χ0) is 17.4. The molecule has 0 radical (unpaired) electrons. The first-order chi connectivity index (χ1) is 11.7. The van der Waals surface area contributed by atoms with Gasteiger partial charge in [0.05, 0.1) is 14.2 Å². The predicted molar refractivity (Wildman–Crippen MR) is 96.8 cm³/mol. The number of benzene rings is 2. The van der Waals surface area contributed by atoms with Crippen LogP contribution in [-0.2, 0) is 11.2 Å². The minimum absolute atomic E-state index is 0.266. The summed E-state index contributed by atoms with van der Waals surface area (Å²) in [7, 11) is 4.93. The maximum atomic E-state index is 10.0. The van der Waals surface area contributed by atoms with Crippen LogP contribution in [0.3, 0.4) is 0 Å². The van der Waals surface area contributed by atoms with Gasteiger partial charge in [0.2, 0.25) is 0 Å². The number of hydrogen-bond donors (Lipinski definition) is 1. The second-order valence-corrected chi connectivity index (χ2v) is 5.44. The lowest BCUT2D eigenvalue weighted by Gasteiger charge is -2.08. The van der Waals surface area contributed by atoms with Crippen molar-refractivity contribution < 1.29 is 19.3 Å². The number of phenolic OH excluding ortho intramolecular Hbond substituents is 1. The summed E-state index contributed by atoms with van der Waals surface area (Å²) >= 11 is 0. The van der Waals surface area contributed by atoms with Gasteiger partial charge in [0.25, 0.3) is 0 Å². The molecule has 2 rings (SSSR count). The Morgan fingerprint density at radius 2 is 1.71 bits per heavy atom. The maximum absolute atomic E-state index is 10.0. The molecule has 0 atom stereocenters. The molecule has 0 saturated heterocycles. The summed E-state index contributed by atoms with van der Waals surface area (Å²) in [6.07, 6.45) is 5.72. The van der Waals surface area contributed by atoms with Crippen LogP contribution in [0.25, 0.3) is 12.2 Å². The van der Waals surface area contributed by atoms with E-state index in [9.17, 15) is 5.11 Å². The molecule has 0 aliphatic heterocycles. The predicted octanol–water partition coefficient (Wildman–Crippen LogP) is 4.16. The minimum Gasteiger partial charge on any atom is -0.507 e. The van der Waals surface area contributed by atoms with Crippen LogP contribution in [0.4, 0.5) is 0 Å².